The number of nitrogens with one attached hydrogen (secondary N) is 1. The summed E-state index contributed by atoms with van der Waals surface area (Å²) in [5.74, 6) is 0.722. The first-order chi connectivity index (χ1) is 9.24. The van der Waals surface area contributed by atoms with Gasteiger partial charge in [-0.25, -0.2) is 0 Å². The highest BCUT2D eigenvalue weighted by Gasteiger charge is 2.18. The normalized spacial score (nSPS) is 20.5. The lowest BCUT2D eigenvalue weighted by Crippen LogP contribution is -2.18. The number of methoxy groups -OCH3 is 1. The molecule has 1 fully saturated rings. The number of rotatable bonds is 6. The Bertz CT molecular complexity index is 405. The van der Waals surface area contributed by atoms with E-state index in [2.05, 4.69) is 11.4 Å². The van der Waals surface area contributed by atoms with Gasteiger partial charge in [0.15, 0.2) is 0 Å². The molecule has 4 heteroatoms. The van der Waals surface area contributed by atoms with Gasteiger partial charge in [-0.15, -0.1) is 0 Å². The highest BCUT2D eigenvalue weighted by molar-refractivity contribution is 6.32. The molecule has 0 saturated carbocycles. The Kier molecular flexibility index (Phi) is 5.49. The van der Waals surface area contributed by atoms with Crippen LogP contribution in [0.3, 0.4) is 0 Å². The summed E-state index contributed by atoms with van der Waals surface area (Å²) in [7, 11) is 3.62. The molecule has 1 aromatic rings. The molecule has 0 aromatic heterocycles. The van der Waals surface area contributed by atoms with Crippen LogP contribution in [0.5, 0.6) is 5.75 Å². The van der Waals surface area contributed by atoms with E-state index in [-0.39, 0.29) is 0 Å². The van der Waals surface area contributed by atoms with Crippen LogP contribution in [0.2, 0.25) is 5.02 Å². The van der Waals surface area contributed by atoms with Gasteiger partial charge in [0, 0.05) is 12.6 Å². The Morgan fingerprint density at radius 3 is 2.95 bits per heavy atom. The molecule has 1 saturated heterocycles. The fourth-order valence-electron chi connectivity index (χ4n) is 2.60. The van der Waals surface area contributed by atoms with Crippen molar-refractivity contribution in [1.29, 1.82) is 0 Å². The monoisotopic (exact) mass is 283 g/mol. The predicted octanol–water partition coefficient (Wildman–Crippen LogP) is 3.57. The molecule has 1 heterocycles. The summed E-state index contributed by atoms with van der Waals surface area (Å²) in [6.45, 7) is 0.920. The second-order valence-electron chi connectivity index (χ2n) is 4.95. The zero-order valence-electron chi connectivity index (χ0n) is 11.6. The van der Waals surface area contributed by atoms with Gasteiger partial charge in [0.1, 0.15) is 5.75 Å². The second kappa shape index (κ2) is 7.13. The Hall–Kier alpha value is -0.770. The van der Waals surface area contributed by atoms with Crippen LogP contribution in [-0.4, -0.2) is 26.9 Å². The van der Waals surface area contributed by atoms with E-state index < -0.39 is 0 Å². The summed E-state index contributed by atoms with van der Waals surface area (Å²) in [6, 6.07) is 6.29. The van der Waals surface area contributed by atoms with Gasteiger partial charge in [-0.05, 0) is 50.4 Å². The standard InChI is InChI=1S/C15H22ClNO2/c1-17-14(7-6-12-4-3-9-19-12)11-5-8-15(18-2)13(16)10-11/h5,8,10,12,14,17H,3-4,6-7,9H2,1-2H3. The van der Waals surface area contributed by atoms with Crippen LogP contribution in [0.25, 0.3) is 0 Å². The molecule has 2 rings (SSSR count). The number of ether oxygens (including phenoxy) is 2. The largest absolute Gasteiger partial charge is 0.495 e. The number of benzene rings is 1. The molecule has 0 bridgehead atoms. The van der Waals surface area contributed by atoms with Gasteiger partial charge in [0.2, 0.25) is 0 Å². The average Bonchev–Trinajstić information content (AvgIpc) is 2.93. The fraction of sp³-hybridized carbons (Fsp3) is 0.600. The second-order valence-corrected chi connectivity index (χ2v) is 5.35. The quantitative estimate of drug-likeness (QED) is 0.866. The van der Waals surface area contributed by atoms with Crippen molar-refractivity contribution in [1.82, 2.24) is 5.32 Å². The number of hydrogen-bond acceptors (Lipinski definition) is 3. The van der Waals surface area contributed by atoms with Crippen molar-refractivity contribution in [3.63, 3.8) is 0 Å². The minimum absolute atomic E-state index is 0.313. The first kappa shape index (κ1) is 14.6. The van der Waals surface area contributed by atoms with Crippen LogP contribution in [0, 0.1) is 0 Å². The van der Waals surface area contributed by atoms with Gasteiger partial charge in [-0.3, -0.25) is 0 Å². The minimum atomic E-state index is 0.313. The molecule has 1 aliphatic heterocycles. The maximum Gasteiger partial charge on any atom is 0.137 e. The van der Waals surface area contributed by atoms with Crippen molar-refractivity contribution in [2.45, 2.75) is 37.8 Å². The smallest absolute Gasteiger partial charge is 0.137 e. The molecule has 1 aromatic carbocycles. The molecule has 1 N–H and O–H groups in total. The van der Waals surface area contributed by atoms with Gasteiger partial charge in [-0.2, -0.15) is 0 Å². The number of halogens is 1. The molecular formula is C15H22ClNO2. The molecular weight excluding hydrogens is 262 g/mol. The van der Waals surface area contributed by atoms with Crippen LogP contribution in [0.15, 0.2) is 18.2 Å². The molecule has 2 unspecified atom stereocenters. The SMILES string of the molecule is CNC(CCC1CCCO1)c1ccc(OC)c(Cl)c1. The third-order valence-electron chi connectivity index (χ3n) is 3.73. The van der Waals surface area contributed by atoms with E-state index in [9.17, 15) is 0 Å². The first-order valence-electron chi connectivity index (χ1n) is 6.87. The zero-order valence-corrected chi connectivity index (χ0v) is 12.4. The van der Waals surface area contributed by atoms with Crippen LogP contribution < -0.4 is 10.1 Å². The fourth-order valence-corrected chi connectivity index (χ4v) is 2.87. The molecule has 2 atom stereocenters. The third-order valence-corrected chi connectivity index (χ3v) is 4.02. The lowest BCUT2D eigenvalue weighted by Gasteiger charge is -2.19. The van der Waals surface area contributed by atoms with Crippen molar-refractivity contribution in [2.24, 2.45) is 0 Å². The summed E-state index contributed by atoms with van der Waals surface area (Å²) in [6.07, 6.45) is 4.98. The predicted molar refractivity (Wildman–Crippen MR) is 78.0 cm³/mol. The summed E-state index contributed by atoms with van der Waals surface area (Å²) in [4.78, 5) is 0. The maximum atomic E-state index is 6.18. The Balaban J connectivity index is 1.97. The van der Waals surface area contributed by atoms with Crippen molar-refractivity contribution < 1.29 is 9.47 Å². The van der Waals surface area contributed by atoms with E-state index >= 15 is 0 Å². The lowest BCUT2D eigenvalue weighted by molar-refractivity contribution is 0.0998. The molecule has 1 aliphatic rings. The topological polar surface area (TPSA) is 30.5 Å². The van der Waals surface area contributed by atoms with E-state index in [0.29, 0.717) is 17.2 Å². The molecule has 0 aliphatic carbocycles. The molecule has 3 nitrogen and oxygen atoms in total. The highest BCUT2D eigenvalue weighted by atomic mass is 35.5. The van der Waals surface area contributed by atoms with Gasteiger partial charge >= 0.3 is 0 Å². The van der Waals surface area contributed by atoms with Crippen LogP contribution in [0.4, 0.5) is 0 Å². The summed E-state index contributed by atoms with van der Waals surface area (Å²) < 4.78 is 10.9. The van der Waals surface area contributed by atoms with Crippen molar-refractivity contribution >= 4 is 11.6 Å². The molecule has 19 heavy (non-hydrogen) atoms. The third kappa shape index (κ3) is 3.85. The van der Waals surface area contributed by atoms with E-state index in [1.165, 1.54) is 18.4 Å². The van der Waals surface area contributed by atoms with E-state index in [1.54, 1.807) is 7.11 Å². The van der Waals surface area contributed by atoms with Crippen molar-refractivity contribution in [3.8, 4) is 5.75 Å². The van der Waals surface area contributed by atoms with Crippen molar-refractivity contribution in [3.05, 3.63) is 28.8 Å². The molecule has 0 radical (unpaired) electrons. The summed E-state index contributed by atoms with van der Waals surface area (Å²) >= 11 is 6.18. The summed E-state index contributed by atoms with van der Waals surface area (Å²) in [5.41, 5.74) is 1.20. The van der Waals surface area contributed by atoms with Crippen LogP contribution >= 0.6 is 11.6 Å². The zero-order chi connectivity index (χ0) is 13.7. The van der Waals surface area contributed by atoms with Crippen LogP contribution in [0.1, 0.15) is 37.3 Å². The van der Waals surface area contributed by atoms with E-state index in [4.69, 9.17) is 21.1 Å². The Morgan fingerprint density at radius 1 is 1.53 bits per heavy atom. The van der Waals surface area contributed by atoms with Gasteiger partial charge in [-0.1, -0.05) is 17.7 Å². The highest BCUT2D eigenvalue weighted by Crippen LogP contribution is 2.30. The Morgan fingerprint density at radius 2 is 2.37 bits per heavy atom. The van der Waals surface area contributed by atoms with Crippen LogP contribution in [-0.2, 0) is 4.74 Å². The van der Waals surface area contributed by atoms with E-state index in [1.807, 2.05) is 19.2 Å². The van der Waals surface area contributed by atoms with E-state index in [0.717, 1.165) is 25.2 Å². The van der Waals surface area contributed by atoms with Gasteiger partial charge in [0.05, 0.1) is 18.2 Å². The Labute approximate surface area is 120 Å². The molecule has 106 valence electrons. The maximum absolute atomic E-state index is 6.18. The first-order valence-corrected chi connectivity index (χ1v) is 7.24. The van der Waals surface area contributed by atoms with Crippen molar-refractivity contribution in [2.75, 3.05) is 20.8 Å². The van der Waals surface area contributed by atoms with Gasteiger partial charge in [0.25, 0.3) is 0 Å². The lowest BCUT2D eigenvalue weighted by atomic mass is 9.99. The molecule has 0 amide bonds. The molecule has 0 spiro atoms. The number of hydrogen-bond donors (Lipinski definition) is 1. The summed E-state index contributed by atoms with van der Waals surface area (Å²) in [5, 5.41) is 4.02. The minimum Gasteiger partial charge on any atom is -0.495 e. The van der Waals surface area contributed by atoms with Gasteiger partial charge < -0.3 is 14.8 Å². The average molecular weight is 284 g/mol.